The highest BCUT2D eigenvalue weighted by Crippen LogP contribution is 2.32. The summed E-state index contributed by atoms with van der Waals surface area (Å²) >= 11 is 0. The summed E-state index contributed by atoms with van der Waals surface area (Å²) in [6.07, 6.45) is 3.58. The smallest absolute Gasteiger partial charge is 0.223 e. The van der Waals surface area contributed by atoms with Gasteiger partial charge in [0, 0.05) is 24.0 Å². The van der Waals surface area contributed by atoms with E-state index in [2.05, 4.69) is 31.1 Å². The monoisotopic (exact) mass is 405 g/mol. The van der Waals surface area contributed by atoms with E-state index in [0.717, 1.165) is 16.8 Å². The number of benzene rings is 1. The number of hydrogen-bond donors (Lipinski definition) is 2. The lowest BCUT2D eigenvalue weighted by Crippen LogP contribution is -2.22. The van der Waals surface area contributed by atoms with Crippen molar-refractivity contribution in [1.82, 2.24) is 19.4 Å². The molecule has 1 aromatic carbocycles. The fraction of sp³-hybridized carbons (Fsp3) is 0.261. The maximum Gasteiger partial charge on any atom is 0.223 e. The molecule has 0 fully saturated rings. The molecule has 0 aliphatic carbocycles. The number of anilines is 1. The van der Waals surface area contributed by atoms with E-state index in [1.807, 2.05) is 28.8 Å². The molecule has 3 aromatic heterocycles. The molecular formula is C23H24FN5O. The van der Waals surface area contributed by atoms with Gasteiger partial charge in [0.15, 0.2) is 0 Å². The molecule has 2 N–H and O–H groups in total. The van der Waals surface area contributed by atoms with Crippen molar-refractivity contribution < 1.29 is 9.50 Å². The summed E-state index contributed by atoms with van der Waals surface area (Å²) in [6.45, 7) is 6.29. The first-order chi connectivity index (χ1) is 14.5. The predicted octanol–water partition coefficient (Wildman–Crippen LogP) is 4.55. The second-order valence-corrected chi connectivity index (χ2v) is 7.68. The minimum Gasteiger partial charge on any atom is -0.392 e. The van der Waals surface area contributed by atoms with Crippen LogP contribution in [-0.2, 0) is 6.61 Å². The van der Waals surface area contributed by atoms with E-state index >= 15 is 0 Å². The Labute approximate surface area is 174 Å². The van der Waals surface area contributed by atoms with Gasteiger partial charge in [-0.05, 0) is 60.9 Å². The minimum atomic E-state index is -0.303. The van der Waals surface area contributed by atoms with E-state index in [0.29, 0.717) is 28.9 Å². The normalized spacial score (nSPS) is 12.5. The molecule has 4 aromatic rings. The van der Waals surface area contributed by atoms with Gasteiger partial charge in [-0.2, -0.15) is 0 Å². The number of aliphatic hydroxyl groups is 1. The zero-order chi connectivity index (χ0) is 21.3. The van der Waals surface area contributed by atoms with E-state index in [9.17, 15) is 9.50 Å². The van der Waals surface area contributed by atoms with Crippen LogP contribution in [-0.4, -0.2) is 30.5 Å². The van der Waals surface area contributed by atoms with Crippen molar-refractivity contribution in [2.75, 3.05) is 5.32 Å². The molecular weight excluding hydrogens is 381 g/mol. The zero-order valence-electron chi connectivity index (χ0n) is 17.2. The number of aromatic nitrogens is 4. The molecule has 0 aliphatic heterocycles. The number of nitrogens with zero attached hydrogens (tertiary/aromatic N) is 4. The van der Waals surface area contributed by atoms with Crippen LogP contribution in [0.5, 0.6) is 0 Å². The number of rotatable bonds is 6. The number of pyridine rings is 1. The van der Waals surface area contributed by atoms with Gasteiger partial charge < -0.3 is 10.4 Å². The van der Waals surface area contributed by atoms with Gasteiger partial charge in [-0.1, -0.05) is 13.8 Å². The van der Waals surface area contributed by atoms with Crippen LogP contribution in [0.1, 0.15) is 26.3 Å². The zero-order valence-corrected chi connectivity index (χ0v) is 17.2. The molecule has 30 heavy (non-hydrogen) atoms. The van der Waals surface area contributed by atoms with Crippen molar-refractivity contribution in [3.8, 4) is 22.6 Å². The molecule has 3 heterocycles. The molecule has 4 rings (SSSR count). The third-order valence-electron chi connectivity index (χ3n) is 5.25. The van der Waals surface area contributed by atoms with Crippen LogP contribution in [0.3, 0.4) is 0 Å². The standard InChI is InChI=1S/C23H24FN5O/c1-14(2)15(3)26-23-25-10-8-19(27-23)22-21(17-4-6-18(24)7-5-17)28-20-12-16(13-30)9-11-29(20)22/h4-12,14-15,30H,13H2,1-3H3,(H,25,26,27)/t15-/m1/s1. The molecule has 6 nitrogen and oxygen atoms in total. The Bertz CT molecular complexity index is 1170. The molecule has 0 amide bonds. The van der Waals surface area contributed by atoms with Gasteiger partial charge in [0.25, 0.3) is 0 Å². The van der Waals surface area contributed by atoms with E-state index in [1.165, 1.54) is 12.1 Å². The average molecular weight is 405 g/mol. The summed E-state index contributed by atoms with van der Waals surface area (Å²) in [7, 11) is 0. The number of hydrogen-bond acceptors (Lipinski definition) is 5. The van der Waals surface area contributed by atoms with E-state index < -0.39 is 0 Å². The number of nitrogens with one attached hydrogen (secondary N) is 1. The third-order valence-corrected chi connectivity index (χ3v) is 5.25. The molecule has 1 atom stereocenters. The lowest BCUT2D eigenvalue weighted by Gasteiger charge is -2.17. The first-order valence-electron chi connectivity index (χ1n) is 9.94. The molecule has 0 aliphatic rings. The van der Waals surface area contributed by atoms with Crippen LogP contribution in [0.15, 0.2) is 54.9 Å². The van der Waals surface area contributed by atoms with Crippen LogP contribution in [0, 0.1) is 11.7 Å². The van der Waals surface area contributed by atoms with Crippen LogP contribution in [0.2, 0.25) is 0 Å². The summed E-state index contributed by atoms with van der Waals surface area (Å²) in [5, 5.41) is 12.8. The average Bonchev–Trinajstić information content (AvgIpc) is 3.12. The van der Waals surface area contributed by atoms with E-state index in [1.54, 1.807) is 18.3 Å². The summed E-state index contributed by atoms with van der Waals surface area (Å²) in [4.78, 5) is 13.9. The van der Waals surface area contributed by atoms with Gasteiger partial charge >= 0.3 is 0 Å². The summed E-state index contributed by atoms with van der Waals surface area (Å²) in [5.41, 5.74) is 4.40. The Morgan fingerprint density at radius 2 is 1.83 bits per heavy atom. The lowest BCUT2D eigenvalue weighted by molar-refractivity contribution is 0.282. The molecule has 0 spiro atoms. The first kappa shape index (κ1) is 20.0. The van der Waals surface area contributed by atoms with Crippen LogP contribution >= 0.6 is 0 Å². The molecule has 0 radical (unpaired) electrons. The maximum absolute atomic E-state index is 13.5. The van der Waals surface area contributed by atoms with Crippen LogP contribution in [0.4, 0.5) is 10.3 Å². The van der Waals surface area contributed by atoms with Crippen molar-refractivity contribution in [2.24, 2.45) is 5.92 Å². The number of halogens is 1. The fourth-order valence-corrected chi connectivity index (χ4v) is 3.17. The summed E-state index contributed by atoms with van der Waals surface area (Å²) < 4.78 is 15.4. The Morgan fingerprint density at radius 3 is 2.53 bits per heavy atom. The molecule has 154 valence electrons. The van der Waals surface area contributed by atoms with Crippen LogP contribution in [0.25, 0.3) is 28.3 Å². The quantitative estimate of drug-likeness (QED) is 0.492. The van der Waals surface area contributed by atoms with Gasteiger partial charge in [0.05, 0.1) is 23.7 Å². The topological polar surface area (TPSA) is 75.3 Å². The Hall–Kier alpha value is -3.32. The highest BCUT2D eigenvalue weighted by atomic mass is 19.1. The van der Waals surface area contributed by atoms with Gasteiger partial charge in [0.2, 0.25) is 5.95 Å². The van der Waals surface area contributed by atoms with Crippen molar-refractivity contribution >= 4 is 11.6 Å². The Morgan fingerprint density at radius 1 is 1.07 bits per heavy atom. The van der Waals surface area contributed by atoms with Gasteiger partial charge in [-0.25, -0.2) is 19.3 Å². The summed E-state index contributed by atoms with van der Waals surface area (Å²) in [5.74, 6) is 0.670. The molecule has 0 bridgehead atoms. The molecule has 0 saturated carbocycles. The Balaban J connectivity index is 1.88. The van der Waals surface area contributed by atoms with Crippen molar-refractivity contribution in [2.45, 2.75) is 33.4 Å². The highest BCUT2D eigenvalue weighted by Gasteiger charge is 2.19. The lowest BCUT2D eigenvalue weighted by atomic mass is 10.1. The van der Waals surface area contributed by atoms with Crippen molar-refractivity contribution in [3.05, 3.63) is 66.2 Å². The van der Waals surface area contributed by atoms with Gasteiger partial charge in [-0.15, -0.1) is 0 Å². The van der Waals surface area contributed by atoms with Gasteiger partial charge in [0.1, 0.15) is 11.5 Å². The maximum atomic E-state index is 13.5. The molecule has 7 heteroatoms. The number of aliphatic hydroxyl groups excluding tert-OH is 1. The van der Waals surface area contributed by atoms with E-state index in [-0.39, 0.29) is 18.5 Å². The van der Waals surface area contributed by atoms with Crippen molar-refractivity contribution in [3.63, 3.8) is 0 Å². The Kier molecular flexibility index (Phi) is 5.46. The van der Waals surface area contributed by atoms with Gasteiger partial charge in [-0.3, -0.25) is 4.40 Å². The number of fused-ring (bicyclic) bond motifs is 1. The van der Waals surface area contributed by atoms with Crippen LogP contribution < -0.4 is 5.32 Å². The molecule has 0 unspecified atom stereocenters. The fourth-order valence-electron chi connectivity index (χ4n) is 3.17. The first-order valence-corrected chi connectivity index (χ1v) is 9.94. The highest BCUT2D eigenvalue weighted by molar-refractivity contribution is 5.80. The second kappa shape index (κ2) is 8.20. The minimum absolute atomic E-state index is 0.0702. The van der Waals surface area contributed by atoms with Crippen molar-refractivity contribution in [1.29, 1.82) is 0 Å². The number of imidazole rings is 1. The molecule has 0 saturated heterocycles. The third kappa shape index (κ3) is 3.89. The summed E-state index contributed by atoms with van der Waals surface area (Å²) in [6, 6.07) is 12.0. The SMILES string of the molecule is CC(C)[C@@H](C)Nc1nccc(-c2c(-c3ccc(F)cc3)nc3cc(CO)ccn23)n1. The second-order valence-electron chi connectivity index (χ2n) is 7.68. The van der Waals surface area contributed by atoms with E-state index in [4.69, 9.17) is 9.97 Å². The predicted molar refractivity (Wildman–Crippen MR) is 115 cm³/mol. The largest absolute Gasteiger partial charge is 0.392 e.